The van der Waals surface area contributed by atoms with Gasteiger partial charge in [-0.25, -0.2) is 8.42 Å². The van der Waals surface area contributed by atoms with Gasteiger partial charge in [-0.15, -0.1) is 0 Å². The smallest absolute Gasteiger partial charge is 0.243 e. The van der Waals surface area contributed by atoms with Crippen molar-refractivity contribution in [3.8, 4) is 5.75 Å². The van der Waals surface area contributed by atoms with Crippen LogP contribution in [0.2, 0.25) is 0 Å². The zero-order chi connectivity index (χ0) is 31.5. The lowest BCUT2D eigenvalue weighted by Crippen LogP contribution is -2.53. The van der Waals surface area contributed by atoms with Gasteiger partial charge in [0, 0.05) is 32.0 Å². The second-order valence-corrected chi connectivity index (χ2v) is 13.6. The molecule has 1 N–H and O–H groups in total. The highest BCUT2D eigenvalue weighted by Gasteiger charge is 2.32. The highest BCUT2D eigenvalue weighted by molar-refractivity contribution is 7.92. The Bertz CT molecular complexity index is 1470. The molecule has 44 heavy (non-hydrogen) atoms. The fourth-order valence-corrected chi connectivity index (χ4v) is 6.82. The van der Waals surface area contributed by atoms with E-state index < -0.39 is 16.1 Å². The summed E-state index contributed by atoms with van der Waals surface area (Å²) in [7, 11) is -2.04. The lowest BCUT2D eigenvalue weighted by atomic mass is 9.94. The molecule has 9 heteroatoms. The largest absolute Gasteiger partial charge is 0.497 e. The molecule has 4 rings (SSSR count). The Hall–Kier alpha value is -3.85. The topological polar surface area (TPSA) is 96.0 Å². The van der Waals surface area contributed by atoms with E-state index in [9.17, 15) is 18.0 Å². The number of nitrogens with one attached hydrogen (secondary N) is 1. The number of hydrogen-bond donors (Lipinski definition) is 1. The van der Waals surface area contributed by atoms with Crippen LogP contribution < -0.4 is 14.4 Å². The Morgan fingerprint density at radius 1 is 0.932 bits per heavy atom. The van der Waals surface area contributed by atoms with Gasteiger partial charge in [-0.3, -0.25) is 13.9 Å². The predicted octanol–water partition coefficient (Wildman–Crippen LogP) is 5.64. The highest BCUT2D eigenvalue weighted by Crippen LogP contribution is 2.24. The number of carbonyl (C=O) groups excluding carboxylic acids is 2. The van der Waals surface area contributed by atoms with Crippen LogP contribution in [0.4, 0.5) is 5.69 Å². The molecule has 1 aliphatic carbocycles. The zero-order valence-corrected chi connectivity index (χ0v) is 26.9. The summed E-state index contributed by atoms with van der Waals surface area (Å²) in [6, 6.07) is 24.0. The van der Waals surface area contributed by atoms with Crippen LogP contribution in [0.5, 0.6) is 5.75 Å². The van der Waals surface area contributed by atoms with E-state index in [-0.39, 0.29) is 37.4 Å². The van der Waals surface area contributed by atoms with Gasteiger partial charge in [-0.2, -0.15) is 0 Å². The molecule has 0 aromatic heterocycles. The number of methoxy groups -OCH3 is 1. The fourth-order valence-electron chi connectivity index (χ4n) is 5.86. The standard InChI is InChI=1S/C35H45N3O5S/c1-27-12-10-15-29(24-27)26-37(33(25-28-13-6-4-7-14-28)35(40)36-30-16-8-5-9-17-30)34(39)18-11-23-38(44(3,41)42)31-19-21-32(43-2)22-20-31/h4,6-7,10,12-15,19-22,24,30,33H,5,8-9,11,16-18,23,25-26H2,1-3H3,(H,36,40)/t33-/m0/s1. The number of rotatable bonds is 14. The van der Waals surface area contributed by atoms with Crippen molar-refractivity contribution in [1.82, 2.24) is 10.2 Å². The van der Waals surface area contributed by atoms with Crippen molar-refractivity contribution in [2.75, 3.05) is 24.2 Å². The first-order valence-corrected chi connectivity index (χ1v) is 17.3. The van der Waals surface area contributed by atoms with Gasteiger partial charge < -0.3 is 15.0 Å². The van der Waals surface area contributed by atoms with Crippen molar-refractivity contribution in [2.45, 2.75) is 76.9 Å². The maximum absolute atomic E-state index is 14.1. The average Bonchev–Trinajstić information content (AvgIpc) is 3.01. The summed E-state index contributed by atoms with van der Waals surface area (Å²) in [6.45, 7) is 2.42. The van der Waals surface area contributed by atoms with E-state index in [1.807, 2.05) is 61.5 Å². The monoisotopic (exact) mass is 619 g/mol. The molecule has 236 valence electrons. The van der Waals surface area contributed by atoms with Crippen LogP contribution in [0.25, 0.3) is 0 Å². The second kappa shape index (κ2) is 15.7. The molecule has 0 unspecified atom stereocenters. The van der Waals surface area contributed by atoms with Crippen molar-refractivity contribution in [1.29, 1.82) is 0 Å². The van der Waals surface area contributed by atoms with Gasteiger partial charge in [0.25, 0.3) is 0 Å². The maximum atomic E-state index is 14.1. The van der Waals surface area contributed by atoms with Crippen LogP contribution >= 0.6 is 0 Å². The summed E-state index contributed by atoms with van der Waals surface area (Å²) in [4.78, 5) is 29.7. The van der Waals surface area contributed by atoms with E-state index in [0.717, 1.165) is 48.6 Å². The molecule has 8 nitrogen and oxygen atoms in total. The van der Waals surface area contributed by atoms with Gasteiger partial charge >= 0.3 is 0 Å². The van der Waals surface area contributed by atoms with Crippen LogP contribution in [0, 0.1) is 6.92 Å². The molecule has 3 aromatic carbocycles. The first kappa shape index (κ1) is 33.1. The second-order valence-electron chi connectivity index (χ2n) is 11.7. The first-order valence-electron chi connectivity index (χ1n) is 15.4. The molecule has 1 fully saturated rings. The van der Waals surface area contributed by atoms with Crippen molar-refractivity contribution >= 4 is 27.5 Å². The maximum Gasteiger partial charge on any atom is 0.243 e. The van der Waals surface area contributed by atoms with Crippen molar-refractivity contribution in [2.24, 2.45) is 0 Å². The number of anilines is 1. The van der Waals surface area contributed by atoms with Crippen molar-refractivity contribution < 1.29 is 22.7 Å². The number of amides is 2. The minimum Gasteiger partial charge on any atom is -0.497 e. The van der Waals surface area contributed by atoms with Crippen LogP contribution in [0.15, 0.2) is 78.9 Å². The van der Waals surface area contributed by atoms with E-state index in [2.05, 4.69) is 5.32 Å². The van der Waals surface area contributed by atoms with E-state index >= 15 is 0 Å². The molecule has 2 amide bonds. The SMILES string of the molecule is COc1ccc(N(CCCC(=O)N(Cc2cccc(C)c2)[C@@H](Cc2ccccc2)C(=O)NC2CCCCC2)S(C)(=O)=O)cc1. The molecule has 0 aliphatic heterocycles. The fraction of sp³-hybridized carbons (Fsp3) is 0.429. The number of aryl methyl sites for hydroxylation is 1. The van der Waals surface area contributed by atoms with Crippen LogP contribution in [-0.4, -0.2) is 57.1 Å². The third kappa shape index (κ3) is 9.58. The summed E-state index contributed by atoms with van der Waals surface area (Å²) in [6.07, 6.45) is 7.19. The number of carbonyl (C=O) groups is 2. The summed E-state index contributed by atoms with van der Waals surface area (Å²) in [5, 5.41) is 3.27. The number of ether oxygens (including phenoxy) is 1. The Kier molecular flexibility index (Phi) is 11.8. The van der Waals surface area contributed by atoms with Gasteiger partial charge in [0.2, 0.25) is 21.8 Å². The normalized spacial score (nSPS) is 14.4. The number of sulfonamides is 1. The molecule has 1 atom stereocenters. The third-order valence-corrected chi connectivity index (χ3v) is 9.36. The molecular formula is C35H45N3O5S. The van der Waals surface area contributed by atoms with Gasteiger partial charge in [0.15, 0.2) is 0 Å². The molecular weight excluding hydrogens is 574 g/mol. The van der Waals surface area contributed by atoms with E-state index in [4.69, 9.17) is 4.74 Å². The molecule has 0 bridgehead atoms. The Balaban J connectivity index is 1.58. The van der Waals surface area contributed by atoms with Gasteiger partial charge in [0.1, 0.15) is 11.8 Å². The molecule has 3 aromatic rings. The molecule has 0 heterocycles. The molecule has 0 spiro atoms. The molecule has 0 saturated heterocycles. The van der Waals surface area contributed by atoms with Gasteiger partial charge in [-0.1, -0.05) is 79.4 Å². The minimum absolute atomic E-state index is 0.0932. The highest BCUT2D eigenvalue weighted by atomic mass is 32.2. The summed E-state index contributed by atoms with van der Waals surface area (Å²) in [5.41, 5.74) is 3.49. The van der Waals surface area contributed by atoms with Crippen LogP contribution in [0.1, 0.15) is 61.6 Å². The quantitative estimate of drug-likeness (QED) is 0.252. The zero-order valence-electron chi connectivity index (χ0n) is 26.1. The molecule has 0 radical (unpaired) electrons. The van der Waals surface area contributed by atoms with Crippen molar-refractivity contribution in [3.05, 3.63) is 95.6 Å². The van der Waals surface area contributed by atoms with Gasteiger partial charge in [0.05, 0.1) is 19.1 Å². The summed E-state index contributed by atoms with van der Waals surface area (Å²) < 4.78 is 31.9. The predicted molar refractivity (Wildman–Crippen MR) is 175 cm³/mol. The lowest BCUT2D eigenvalue weighted by Gasteiger charge is -2.34. The molecule has 1 aliphatic rings. The number of benzene rings is 3. The van der Waals surface area contributed by atoms with Crippen molar-refractivity contribution in [3.63, 3.8) is 0 Å². The summed E-state index contributed by atoms with van der Waals surface area (Å²) >= 11 is 0. The summed E-state index contributed by atoms with van der Waals surface area (Å²) in [5.74, 6) is 0.298. The molecule has 1 saturated carbocycles. The number of nitrogens with zero attached hydrogens (tertiary/aromatic N) is 2. The van der Waals surface area contributed by atoms with Crippen LogP contribution in [-0.2, 0) is 32.6 Å². The Labute approximate surface area is 262 Å². The first-order chi connectivity index (χ1) is 21.1. The van der Waals surface area contributed by atoms with E-state index in [0.29, 0.717) is 24.3 Å². The van der Waals surface area contributed by atoms with Crippen LogP contribution in [0.3, 0.4) is 0 Å². The lowest BCUT2D eigenvalue weighted by molar-refractivity contribution is -0.141. The number of hydrogen-bond acceptors (Lipinski definition) is 5. The van der Waals surface area contributed by atoms with E-state index in [1.54, 1.807) is 36.3 Å². The average molecular weight is 620 g/mol. The van der Waals surface area contributed by atoms with Gasteiger partial charge in [-0.05, 0) is 61.6 Å². The third-order valence-electron chi connectivity index (χ3n) is 8.17. The van der Waals surface area contributed by atoms with E-state index in [1.165, 1.54) is 10.7 Å². The Morgan fingerprint density at radius 2 is 1.61 bits per heavy atom. The Morgan fingerprint density at radius 3 is 2.25 bits per heavy atom. The minimum atomic E-state index is -3.59.